The molecule has 2 nitrogen and oxygen atoms in total. The highest BCUT2D eigenvalue weighted by Crippen LogP contribution is 2.30. The quantitative estimate of drug-likeness (QED) is 0.439. The van der Waals surface area contributed by atoms with E-state index >= 15 is 0 Å². The summed E-state index contributed by atoms with van der Waals surface area (Å²) in [5.74, 6) is 1.05. The third-order valence-electron chi connectivity index (χ3n) is 3.89. The van der Waals surface area contributed by atoms with Crippen LogP contribution in [0.25, 0.3) is 33.7 Å². The van der Waals surface area contributed by atoms with E-state index in [4.69, 9.17) is 16.0 Å². The molecular weight excluding hydrogens is 306 g/mol. The van der Waals surface area contributed by atoms with Crippen molar-refractivity contribution in [3.05, 3.63) is 78.4 Å². The third-order valence-corrected chi connectivity index (χ3v) is 4.17. The number of hydrogen-bond acceptors (Lipinski definition) is 2. The van der Waals surface area contributed by atoms with E-state index in [2.05, 4.69) is 29.2 Å². The van der Waals surface area contributed by atoms with E-state index < -0.39 is 0 Å². The number of fused-ring (bicyclic) bond motifs is 1. The zero-order valence-electron chi connectivity index (χ0n) is 12.4. The Kier molecular flexibility index (Phi) is 3.60. The fourth-order valence-electron chi connectivity index (χ4n) is 2.70. The van der Waals surface area contributed by atoms with E-state index in [0.29, 0.717) is 11.8 Å². The summed E-state index contributed by atoms with van der Waals surface area (Å²) in [5, 5.41) is 0. The SMILES string of the molecule is ClCc1ccccc1-c1nc2cc(-c3ccccc3)ccc2o1. The molecule has 0 aliphatic carbocycles. The largest absolute Gasteiger partial charge is 0.436 e. The molecule has 0 saturated carbocycles. The average molecular weight is 320 g/mol. The molecule has 0 saturated heterocycles. The Balaban J connectivity index is 1.83. The van der Waals surface area contributed by atoms with Crippen molar-refractivity contribution in [2.24, 2.45) is 0 Å². The van der Waals surface area contributed by atoms with Gasteiger partial charge in [0.2, 0.25) is 5.89 Å². The minimum Gasteiger partial charge on any atom is -0.436 e. The van der Waals surface area contributed by atoms with E-state index in [9.17, 15) is 0 Å². The molecule has 0 bridgehead atoms. The molecule has 4 rings (SSSR count). The molecule has 23 heavy (non-hydrogen) atoms. The van der Waals surface area contributed by atoms with Crippen molar-refractivity contribution < 1.29 is 4.42 Å². The fourth-order valence-corrected chi connectivity index (χ4v) is 2.93. The molecule has 1 aromatic heterocycles. The number of oxazole rings is 1. The van der Waals surface area contributed by atoms with Crippen molar-refractivity contribution in [3.8, 4) is 22.6 Å². The maximum absolute atomic E-state index is 6.02. The zero-order chi connectivity index (χ0) is 15.6. The number of nitrogens with zero attached hydrogens (tertiary/aromatic N) is 1. The number of benzene rings is 3. The molecule has 0 radical (unpaired) electrons. The molecule has 4 aromatic rings. The van der Waals surface area contributed by atoms with Crippen LogP contribution >= 0.6 is 11.6 Å². The second-order valence-corrected chi connectivity index (χ2v) is 5.63. The van der Waals surface area contributed by atoms with Gasteiger partial charge in [-0.3, -0.25) is 0 Å². The van der Waals surface area contributed by atoms with Gasteiger partial charge in [0.25, 0.3) is 0 Å². The van der Waals surface area contributed by atoms with Crippen molar-refractivity contribution >= 4 is 22.7 Å². The lowest BCUT2D eigenvalue weighted by Crippen LogP contribution is -1.85. The fraction of sp³-hybridized carbons (Fsp3) is 0.0500. The van der Waals surface area contributed by atoms with Crippen LogP contribution < -0.4 is 0 Å². The second kappa shape index (κ2) is 5.90. The zero-order valence-corrected chi connectivity index (χ0v) is 13.1. The van der Waals surface area contributed by atoms with Crippen LogP contribution in [-0.2, 0) is 5.88 Å². The van der Waals surface area contributed by atoms with Crippen LogP contribution in [0, 0.1) is 0 Å². The number of aromatic nitrogens is 1. The van der Waals surface area contributed by atoms with Crippen LogP contribution in [0.5, 0.6) is 0 Å². The van der Waals surface area contributed by atoms with Crippen molar-refractivity contribution in [1.29, 1.82) is 0 Å². The first-order chi connectivity index (χ1) is 11.3. The van der Waals surface area contributed by atoms with Gasteiger partial charge < -0.3 is 4.42 Å². The molecule has 3 aromatic carbocycles. The van der Waals surface area contributed by atoms with E-state index in [0.717, 1.165) is 27.8 Å². The van der Waals surface area contributed by atoms with Gasteiger partial charge in [-0.15, -0.1) is 11.6 Å². The first-order valence-corrected chi connectivity index (χ1v) is 7.99. The molecule has 0 spiro atoms. The third kappa shape index (κ3) is 2.62. The van der Waals surface area contributed by atoms with Crippen molar-refractivity contribution in [2.75, 3.05) is 0 Å². The van der Waals surface area contributed by atoms with Gasteiger partial charge >= 0.3 is 0 Å². The predicted molar refractivity (Wildman–Crippen MR) is 94.4 cm³/mol. The lowest BCUT2D eigenvalue weighted by Gasteiger charge is -2.01. The molecule has 0 fully saturated rings. The lowest BCUT2D eigenvalue weighted by molar-refractivity contribution is 0.619. The van der Waals surface area contributed by atoms with Gasteiger partial charge in [-0.05, 0) is 34.9 Å². The highest BCUT2D eigenvalue weighted by Gasteiger charge is 2.12. The summed E-state index contributed by atoms with van der Waals surface area (Å²) in [4.78, 5) is 4.65. The smallest absolute Gasteiger partial charge is 0.227 e. The highest BCUT2D eigenvalue weighted by atomic mass is 35.5. The van der Waals surface area contributed by atoms with Gasteiger partial charge in [0.1, 0.15) is 5.52 Å². The monoisotopic (exact) mass is 319 g/mol. The van der Waals surface area contributed by atoms with Crippen molar-refractivity contribution in [1.82, 2.24) is 4.98 Å². The van der Waals surface area contributed by atoms with Gasteiger partial charge in [0.05, 0.1) is 0 Å². The molecule has 112 valence electrons. The Bertz CT molecular complexity index is 960. The van der Waals surface area contributed by atoms with Crippen LogP contribution in [-0.4, -0.2) is 4.98 Å². The first-order valence-electron chi connectivity index (χ1n) is 7.45. The van der Waals surface area contributed by atoms with Crippen LogP contribution in [0.2, 0.25) is 0 Å². The van der Waals surface area contributed by atoms with Crippen LogP contribution in [0.4, 0.5) is 0 Å². The summed E-state index contributed by atoms with van der Waals surface area (Å²) in [6.45, 7) is 0. The topological polar surface area (TPSA) is 26.0 Å². The molecular formula is C20H14ClNO. The first kappa shape index (κ1) is 14.0. The molecule has 0 aliphatic rings. The number of halogens is 1. The second-order valence-electron chi connectivity index (χ2n) is 5.36. The maximum atomic E-state index is 6.02. The minimum absolute atomic E-state index is 0.435. The molecule has 0 N–H and O–H groups in total. The molecule has 0 atom stereocenters. The van der Waals surface area contributed by atoms with Crippen molar-refractivity contribution in [3.63, 3.8) is 0 Å². The minimum atomic E-state index is 0.435. The van der Waals surface area contributed by atoms with Gasteiger partial charge in [0, 0.05) is 11.4 Å². The molecule has 1 heterocycles. The Hall–Kier alpha value is -2.58. The van der Waals surface area contributed by atoms with Crippen LogP contribution in [0.15, 0.2) is 77.2 Å². The Labute approximate surface area is 139 Å². The van der Waals surface area contributed by atoms with Gasteiger partial charge in [0.15, 0.2) is 5.58 Å². The normalized spacial score (nSPS) is 11.0. The summed E-state index contributed by atoms with van der Waals surface area (Å²) in [6, 6.07) is 24.3. The number of rotatable bonds is 3. The van der Waals surface area contributed by atoms with E-state index in [-0.39, 0.29) is 0 Å². The van der Waals surface area contributed by atoms with E-state index in [1.807, 2.05) is 48.5 Å². The van der Waals surface area contributed by atoms with Gasteiger partial charge in [-0.25, -0.2) is 4.98 Å². The number of alkyl halides is 1. The standard InChI is InChI=1S/C20H14ClNO/c21-13-16-8-4-5-9-17(16)20-22-18-12-15(10-11-19(18)23-20)14-6-2-1-3-7-14/h1-12H,13H2. The summed E-state index contributed by atoms with van der Waals surface area (Å²) in [6.07, 6.45) is 0. The van der Waals surface area contributed by atoms with E-state index in [1.54, 1.807) is 0 Å². The highest BCUT2D eigenvalue weighted by molar-refractivity contribution is 6.17. The summed E-state index contributed by atoms with van der Waals surface area (Å²) in [5.41, 5.74) is 5.89. The predicted octanol–water partition coefficient (Wildman–Crippen LogP) is 5.90. The Morgan fingerprint density at radius 2 is 1.61 bits per heavy atom. The number of hydrogen-bond donors (Lipinski definition) is 0. The van der Waals surface area contributed by atoms with Crippen LogP contribution in [0.1, 0.15) is 5.56 Å². The van der Waals surface area contributed by atoms with Gasteiger partial charge in [-0.1, -0.05) is 54.6 Å². The summed E-state index contributed by atoms with van der Waals surface area (Å²) >= 11 is 6.02. The Morgan fingerprint density at radius 3 is 2.43 bits per heavy atom. The molecule has 0 amide bonds. The van der Waals surface area contributed by atoms with E-state index in [1.165, 1.54) is 5.56 Å². The molecule has 0 unspecified atom stereocenters. The van der Waals surface area contributed by atoms with Crippen molar-refractivity contribution in [2.45, 2.75) is 5.88 Å². The lowest BCUT2D eigenvalue weighted by atomic mass is 10.1. The molecule has 0 aliphatic heterocycles. The van der Waals surface area contributed by atoms with Crippen LogP contribution in [0.3, 0.4) is 0 Å². The average Bonchev–Trinajstić information content (AvgIpc) is 3.05. The van der Waals surface area contributed by atoms with Gasteiger partial charge in [-0.2, -0.15) is 0 Å². The maximum Gasteiger partial charge on any atom is 0.227 e. The summed E-state index contributed by atoms with van der Waals surface area (Å²) in [7, 11) is 0. The molecule has 3 heteroatoms. The summed E-state index contributed by atoms with van der Waals surface area (Å²) < 4.78 is 5.92. The Morgan fingerprint density at radius 1 is 0.826 bits per heavy atom.